The van der Waals surface area contributed by atoms with Crippen molar-refractivity contribution in [1.29, 1.82) is 0 Å². The van der Waals surface area contributed by atoms with E-state index in [1.54, 1.807) is 68.0 Å². The molecule has 1 atom stereocenters. The predicted octanol–water partition coefficient (Wildman–Crippen LogP) is 3.33. The van der Waals surface area contributed by atoms with Crippen LogP contribution in [0.3, 0.4) is 0 Å². The molecule has 0 saturated carbocycles. The Balaban J connectivity index is 1.73. The maximum absolute atomic E-state index is 13.8. The van der Waals surface area contributed by atoms with Crippen LogP contribution < -0.4 is 15.0 Å². The number of aromatic nitrogens is 5. The highest BCUT2D eigenvalue weighted by molar-refractivity contribution is 6.01. The van der Waals surface area contributed by atoms with E-state index in [1.807, 2.05) is 27.7 Å². The summed E-state index contributed by atoms with van der Waals surface area (Å²) in [5, 5.41) is 15.3. The van der Waals surface area contributed by atoms with Crippen molar-refractivity contribution in [2.24, 2.45) is 0 Å². The fourth-order valence-corrected chi connectivity index (χ4v) is 3.74. The van der Waals surface area contributed by atoms with Gasteiger partial charge in [-0.25, -0.2) is 0 Å². The van der Waals surface area contributed by atoms with Crippen molar-refractivity contribution in [3.8, 4) is 17.3 Å². The summed E-state index contributed by atoms with van der Waals surface area (Å²) in [5.74, 6) is 1.26. The number of hydrogen-bond donors (Lipinski definition) is 1. The monoisotopic (exact) mass is 503 g/mol. The quantitative estimate of drug-likeness (QED) is 0.388. The van der Waals surface area contributed by atoms with E-state index >= 15 is 0 Å². The maximum Gasteiger partial charge on any atom is 0.251 e. The first-order valence-electron chi connectivity index (χ1n) is 11.7. The summed E-state index contributed by atoms with van der Waals surface area (Å²) in [7, 11) is 1.56. The highest BCUT2D eigenvalue weighted by Gasteiger charge is 2.35. The van der Waals surface area contributed by atoms with Crippen LogP contribution in [0.2, 0.25) is 0 Å². The number of nitrogens with zero attached hydrogens (tertiary/aromatic N) is 6. The molecular formula is C26H29N7O4. The van der Waals surface area contributed by atoms with Crippen LogP contribution in [-0.4, -0.2) is 49.7 Å². The summed E-state index contributed by atoms with van der Waals surface area (Å²) in [5.41, 5.74) is 0.568. The minimum atomic E-state index is -0.987. The van der Waals surface area contributed by atoms with Gasteiger partial charge >= 0.3 is 0 Å². The number of methoxy groups -OCH3 is 1. The lowest BCUT2D eigenvalue weighted by molar-refractivity contribution is -0.128. The summed E-state index contributed by atoms with van der Waals surface area (Å²) in [4.78, 5) is 34.2. The van der Waals surface area contributed by atoms with Crippen molar-refractivity contribution >= 4 is 17.5 Å². The van der Waals surface area contributed by atoms with Crippen molar-refractivity contribution < 1.29 is 18.7 Å². The number of tetrazole rings is 1. The molecule has 3 heterocycles. The smallest absolute Gasteiger partial charge is 0.251 e. The molecule has 2 amide bonds. The molecule has 11 heteroatoms. The van der Waals surface area contributed by atoms with Crippen LogP contribution in [-0.2, 0) is 16.1 Å². The molecule has 0 aliphatic carbocycles. The minimum absolute atomic E-state index is 0.257. The summed E-state index contributed by atoms with van der Waals surface area (Å²) < 4.78 is 10.8. The molecule has 1 aromatic carbocycles. The van der Waals surface area contributed by atoms with Crippen molar-refractivity contribution in [1.82, 2.24) is 30.5 Å². The topological polar surface area (TPSA) is 128 Å². The Morgan fingerprint density at radius 3 is 2.38 bits per heavy atom. The van der Waals surface area contributed by atoms with Gasteiger partial charge in [-0.1, -0.05) is 0 Å². The van der Waals surface area contributed by atoms with Gasteiger partial charge < -0.3 is 14.5 Å². The van der Waals surface area contributed by atoms with E-state index in [2.05, 4.69) is 25.7 Å². The first-order chi connectivity index (χ1) is 17.6. The molecule has 192 valence electrons. The number of pyridine rings is 1. The molecule has 0 spiro atoms. The zero-order valence-electron chi connectivity index (χ0n) is 21.4. The number of carbonyl (C=O) groups is 2. The van der Waals surface area contributed by atoms with Gasteiger partial charge in [0, 0.05) is 23.6 Å². The van der Waals surface area contributed by atoms with Gasteiger partial charge in [0.25, 0.3) is 5.91 Å². The van der Waals surface area contributed by atoms with E-state index in [0.717, 1.165) is 0 Å². The van der Waals surface area contributed by atoms with Crippen LogP contribution in [0.5, 0.6) is 5.75 Å². The molecule has 4 rings (SSSR count). The first kappa shape index (κ1) is 25.5. The minimum Gasteiger partial charge on any atom is -0.497 e. The summed E-state index contributed by atoms with van der Waals surface area (Å²) in [6, 6.07) is 12.9. The van der Waals surface area contributed by atoms with Crippen LogP contribution in [0.15, 0.2) is 65.3 Å². The van der Waals surface area contributed by atoms with Gasteiger partial charge in [0.15, 0.2) is 5.76 Å². The van der Waals surface area contributed by atoms with E-state index in [0.29, 0.717) is 28.5 Å². The van der Waals surface area contributed by atoms with Crippen molar-refractivity contribution in [2.75, 3.05) is 12.0 Å². The third-order valence-electron chi connectivity index (χ3n) is 5.34. The second-order valence-corrected chi connectivity index (χ2v) is 9.44. The third-order valence-corrected chi connectivity index (χ3v) is 5.34. The van der Waals surface area contributed by atoms with Gasteiger partial charge in [-0.15, -0.1) is 10.2 Å². The second-order valence-electron chi connectivity index (χ2n) is 9.44. The van der Waals surface area contributed by atoms with E-state index in [4.69, 9.17) is 9.15 Å². The van der Waals surface area contributed by atoms with Gasteiger partial charge in [0.2, 0.25) is 11.7 Å². The fourth-order valence-electron chi connectivity index (χ4n) is 3.74. The SMILES string of the molecule is COc1ccc(N(C(=O)Cn2nnc(-c3ccc(C)o3)n2)[C@H](C(=O)NC(C)(C)C)c2ccncc2)cc1. The number of ether oxygens (including phenoxy) is 1. The number of hydrogen-bond acceptors (Lipinski definition) is 8. The Labute approximate surface area is 214 Å². The molecule has 0 radical (unpaired) electrons. The maximum atomic E-state index is 13.8. The van der Waals surface area contributed by atoms with Gasteiger partial charge in [-0.2, -0.15) is 4.80 Å². The third kappa shape index (κ3) is 6.18. The number of rotatable bonds is 8. The Kier molecular flexibility index (Phi) is 7.32. The molecule has 0 aliphatic heterocycles. The van der Waals surface area contributed by atoms with Gasteiger partial charge in [-0.05, 0) is 87.0 Å². The molecular weight excluding hydrogens is 474 g/mol. The average molecular weight is 504 g/mol. The number of carbonyl (C=O) groups excluding carboxylic acids is 2. The molecule has 0 fully saturated rings. The normalized spacial score (nSPS) is 12.1. The Hall–Kier alpha value is -4.54. The number of amides is 2. The van der Waals surface area contributed by atoms with Crippen LogP contribution in [0.4, 0.5) is 5.69 Å². The van der Waals surface area contributed by atoms with Gasteiger partial charge in [0.05, 0.1) is 7.11 Å². The molecule has 4 aromatic rings. The predicted molar refractivity (Wildman–Crippen MR) is 136 cm³/mol. The van der Waals surface area contributed by atoms with Crippen molar-refractivity contribution in [3.63, 3.8) is 0 Å². The molecule has 3 aromatic heterocycles. The Morgan fingerprint density at radius 1 is 1.08 bits per heavy atom. The summed E-state index contributed by atoms with van der Waals surface area (Å²) >= 11 is 0. The van der Waals surface area contributed by atoms with E-state index in [9.17, 15) is 9.59 Å². The molecule has 1 N–H and O–H groups in total. The van der Waals surface area contributed by atoms with E-state index in [-0.39, 0.29) is 18.3 Å². The highest BCUT2D eigenvalue weighted by Crippen LogP contribution is 2.30. The Bertz CT molecular complexity index is 1360. The number of nitrogens with one attached hydrogen (secondary N) is 1. The number of anilines is 1. The number of benzene rings is 1. The van der Waals surface area contributed by atoms with Gasteiger partial charge in [-0.3, -0.25) is 19.5 Å². The lowest BCUT2D eigenvalue weighted by Crippen LogP contribution is -2.50. The molecule has 11 nitrogen and oxygen atoms in total. The van der Waals surface area contributed by atoms with Crippen LogP contribution in [0.1, 0.15) is 38.1 Å². The van der Waals surface area contributed by atoms with Crippen molar-refractivity contribution in [2.45, 2.75) is 45.8 Å². The Morgan fingerprint density at radius 2 is 1.78 bits per heavy atom. The number of aryl methyl sites for hydroxylation is 1. The molecule has 0 bridgehead atoms. The van der Waals surface area contributed by atoms with Crippen LogP contribution in [0.25, 0.3) is 11.6 Å². The van der Waals surface area contributed by atoms with Crippen LogP contribution >= 0.6 is 0 Å². The largest absolute Gasteiger partial charge is 0.497 e. The van der Waals surface area contributed by atoms with E-state index in [1.165, 1.54) is 9.70 Å². The number of furan rings is 1. The molecule has 0 saturated heterocycles. The zero-order chi connectivity index (χ0) is 26.6. The lowest BCUT2D eigenvalue weighted by atomic mass is 10.0. The van der Waals surface area contributed by atoms with E-state index < -0.39 is 17.5 Å². The zero-order valence-corrected chi connectivity index (χ0v) is 21.4. The van der Waals surface area contributed by atoms with Crippen LogP contribution in [0, 0.1) is 6.92 Å². The average Bonchev–Trinajstić information content (AvgIpc) is 3.50. The van der Waals surface area contributed by atoms with Gasteiger partial charge in [0.1, 0.15) is 24.1 Å². The standard InChI is InChI=1S/C26H29N7O4/c1-17-6-11-21(37-17)24-29-31-32(30-24)16-22(34)33(19-7-9-20(36-5)10-8-19)23(18-12-14-27-15-13-18)25(35)28-26(2,3)4/h6-15,23H,16H2,1-5H3,(H,28,35)/t23-/m0/s1. The summed E-state index contributed by atoms with van der Waals surface area (Å²) in [6.45, 7) is 7.19. The molecule has 37 heavy (non-hydrogen) atoms. The molecule has 0 aliphatic rings. The first-order valence-corrected chi connectivity index (χ1v) is 11.7. The van der Waals surface area contributed by atoms with Crippen molar-refractivity contribution in [3.05, 3.63) is 72.2 Å². The molecule has 0 unspecified atom stereocenters. The fraction of sp³-hybridized carbons (Fsp3) is 0.308. The lowest BCUT2D eigenvalue weighted by Gasteiger charge is -2.33. The highest BCUT2D eigenvalue weighted by atomic mass is 16.5. The summed E-state index contributed by atoms with van der Waals surface area (Å²) in [6.07, 6.45) is 3.17. The second kappa shape index (κ2) is 10.6.